The molecule has 0 radical (unpaired) electrons. The lowest BCUT2D eigenvalue weighted by atomic mass is 10.1. The summed E-state index contributed by atoms with van der Waals surface area (Å²) in [6.45, 7) is 3.73. The average molecular weight is 286 g/mol. The maximum absolute atomic E-state index is 10.4. The van der Waals surface area contributed by atoms with E-state index < -0.39 is 0 Å². The monoisotopic (exact) mass is 286 g/mol. The van der Waals surface area contributed by atoms with Crippen LogP contribution in [0, 0.1) is 6.92 Å². The lowest BCUT2D eigenvalue weighted by Gasteiger charge is -2.01. The molecular formula is C17H18O4. The van der Waals surface area contributed by atoms with E-state index in [1.54, 1.807) is 25.1 Å². The number of phenols is 2. The van der Waals surface area contributed by atoms with Gasteiger partial charge >= 0.3 is 0 Å². The van der Waals surface area contributed by atoms with Crippen molar-refractivity contribution >= 4 is 12.6 Å². The SMILES string of the molecule is CCc1cccc(O)c1C=O.Cc1cccc(O)c1C=O. The number of carbonyl (C=O) groups excluding carboxylic acids is 2. The summed E-state index contributed by atoms with van der Waals surface area (Å²) in [5, 5.41) is 18.3. The first kappa shape index (κ1) is 16.4. The van der Waals surface area contributed by atoms with Crippen LogP contribution in [0.2, 0.25) is 0 Å². The van der Waals surface area contributed by atoms with Crippen LogP contribution in [0.5, 0.6) is 11.5 Å². The van der Waals surface area contributed by atoms with Gasteiger partial charge in [0.2, 0.25) is 0 Å². The van der Waals surface area contributed by atoms with E-state index in [4.69, 9.17) is 5.11 Å². The number of aromatic hydroxyl groups is 2. The van der Waals surface area contributed by atoms with E-state index in [-0.39, 0.29) is 11.5 Å². The van der Waals surface area contributed by atoms with Crippen molar-refractivity contribution < 1.29 is 19.8 Å². The van der Waals surface area contributed by atoms with Gasteiger partial charge in [-0.15, -0.1) is 0 Å². The van der Waals surface area contributed by atoms with Gasteiger partial charge in [0.25, 0.3) is 0 Å². The molecule has 0 fully saturated rings. The summed E-state index contributed by atoms with van der Waals surface area (Å²) in [4.78, 5) is 20.7. The minimum absolute atomic E-state index is 0.0509. The first-order chi connectivity index (χ1) is 10.0. The van der Waals surface area contributed by atoms with Crippen LogP contribution < -0.4 is 0 Å². The molecular weight excluding hydrogens is 268 g/mol. The molecule has 0 aliphatic carbocycles. The molecule has 110 valence electrons. The van der Waals surface area contributed by atoms with Crippen molar-refractivity contribution in [2.75, 3.05) is 0 Å². The molecule has 2 aromatic rings. The third-order valence-electron chi connectivity index (χ3n) is 3.09. The summed E-state index contributed by atoms with van der Waals surface area (Å²) in [6, 6.07) is 10.1. The fraction of sp³-hybridized carbons (Fsp3) is 0.176. The number of aryl methyl sites for hydroxylation is 2. The second kappa shape index (κ2) is 7.85. The molecule has 2 aromatic carbocycles. The Hall–Kier alpha value is -2.62. The average Bonchev–Trinajstić information content (AvgIpc) is 2.48. The molecule has 4 heteroatoms. The van der Waals surface area contributed by atoms with Crippen LogP contribution in [0.15, 0.2) is 36.4 Å². The fourth-order valence-corrected chi connectivity index (χ4v) is 1.86. The highest BCUT2D eigenvalue weighted by Gasteiger charge is 2.03. The Morgan fingerprint density at radius 3 is 1.81 bits per heavy atom. The predicted octanol–water partition coefficient (Wildman–Crippen LogP) is 3.28. The van der Waals surface area contributed by atoms with Crippen LogP contribution in [-0.2, 0) is 6.42 Å². The smallest absolute Gasteiger partial charge is 0.154 e. The van der Waals surface area contributed by atoms with Crippen molar-refractivity contribution in [1.82, 2.24) is 0 Å². The van der Waals surface area contributed by atoms with Crippen molar-refractivity contribution in [2.45, 2.75) is 20.3 Å². The second-order valence-electron chi connectivity index (χ2n) is 4.45. The molecule has 0 aliphatic heterocycles. The van der Waals surface area contributed by atoms with Gasteiger partial charge in [0.1, 0.15) is 11.5 Å². The molecule has 0 spiro atoms. The Morgan fingerprint density at radius 1 is 0.905 bits per heavy atom. The molecule has 0 aliphatic rings. The third-order valence-corrected chi connectivity index (χ3v) is 3.09. The topological polar surface area (TPSA) is 74.6 Å². The minimum Gasteiger partial charge on any atom is -0.507 e. The van der Waals surface area contributed by atoms with E-state index in [9.17, 15) is 14.7 Å². The van der Waals surface area contributed by atoms with Gasteiger partial charge in [-0.3, -0.25) is 9.59 Å². The normalized spacial score (nSPS) is 9.43. The Morgan fingerprint density at radius 2 is 1.43 bits per heavy atom. The van der Waals surface area contributed by atoms with Crippen LogP contribution >= 0.6 is 0 Å². The number of hydrogen-bond acceptors (Lipinski definition) is 4. The molecule has 0 saturated heterocycles. The molecule has 21 heavy (non-hydrogen) atoms. The quantitative estimate of drug-likeness (QED) is 0.849. The standard InChI is InChI=1S/C9H10O2.C8H8O2/c1-2-7-4-3-5-9(11)8(7)6-10;1-6-3-2-4-8(10)7(6)5-9/h3-6,11H,2H2,1H3;2-5,10H,1H3. The van der Waals surface area contributed by atoms with Crippen LogP contribution in [0.4, 0.5) is 0 Å². The number of aldehydes is 2. The number of benzene rings is 2. The number of carbonyl (C=O) groups is 2. The second-order valence-corrected chi connectivity index (χ2v) is 4.45. The number of phenolic OH excluding ortho intramolecular Hbond substituents is 2. The molecule has 4 nitrogen and oxygen atoms in total. The highest BCUT2D eigenvalue weighted by Crippen LogP contribution is 2.19. The molecule has 0 bridgehead atoms. The Bertz CT molecular complexity index is 612. The van der Waals surface area contributed by atoms with Gasteiger partial charge in [0.05, 0.1) is 11.1 Å². The zero-order valence-electron chi connectivity index (χ0n) is 12.0. The van der Waals surface area contributed by atoms with Gasteiger partial charge in [-0.25, -0.2) is 0 Å². The predicted molar refractivity (Wildman–Crippen MR) is 81.1 cm³/mol. The van der Waals surface area contributed by atoms with Crippen LogP contribution in [0.25, 0.3) is 0 Å². The summed E-state index contributed by atoms with van der Waals surface area (Å²) in [5.41, 5.74) is 2.48. The first-order valence-electron chi connectivity index (χ1n) is 6.54. The highest BCUT2D eigenvalue weighted by molar-refractivity contribution is 5.81. The van der Waals surface area contributed by atoms with Crippen LogP contribution in [0.1, 0.15) is 38.8 Å². The van der Waals surface area contributed by atoms with Crippen molar-refractivity contribution in [3.8, 4) is 11.5 Å². The first-order valence-corrected chi connectivity index (χ1v) is 6.54. The Labute approximate surface area is 123 Å². The minimum atomic E-state index is 0.0509. The van der Waals surface area contributed by atoms with Crippen LogP contribution in [-0.4, -0.2) is 22.8 Å². The van der Waals surface area contributed by atoms with Gasteiger partial charge in [-0.05, 0) is 36.6 Å². The van der Waals surface area contributed by atoms with Crippen molar-refractivity contribution in [2.24, 2.45) is 0 Å². The van der Waals surface area contributed by atoms with Crippen molar-refractivity contribution in [1.29, 1.82) is 0 Å². The molecule has 0 amide bonds. The van der Waals surface area contributed by atoms with Gasteiger partial charge < -0.3 is 10.2 Å². The molecule has 2 N–H and O–H groups in total. The van der Waals surface area contributed by atoms with E-state index in [1.165, 1.54) is 12.1 Å². The van der Waals surface area contributed by atoms with Gasteiger partial charge in [0, 0.05) is 0 Å². The van der Waals surface area contributed by atoms with Gasteiger partial charge in [-0.1, -0.05) is 31.2 Å². The van der Waals surface area contributed by atoms with Crippen molar-refractivity contribution in [3.63, 3.8) is 0 Å². The lowest BCUT2D eigenvalue weighted by Crippen LogP contribution is -1.89. The van der Waals surface area contributed by atoms with Crippen LogP contribution in [0.3, 0.4) is 0 Å². The summed E-state index contributed by atoms with van der Waals surface area (Å²) in [5.74, 6) is 0.120. The number of hydrogen-bond donors (Lipinski definition) is 2. The van der Waals surface area contributed by atoms with E-state index in [2.05, 4.69) is 0 Å². The molecule has 0 saturated carbocycles. The molecule has 0 heterocycles. The third kappa shape index (κ3) is 4.18. The maximum Gasteiger partial charge on any atom is 0.154 e. The van der Waals surface area contributed by atoms with E-state index in [0.29, 0.717) is 23.7 Å². The fourth-order valence-electron chi connectivity index (χ4n) is 1.86. The largest absolute Gasteiger partial charge is 0.507 e. The summed E-state index contributed by atoms with van der Waals surface area (Å²) in [6.07, 6.45) is 2.11. The summed E-state index contributed by atoms with van der Waals surface area (Å²) in [7, 11) is 0. The van der Waals surface area contributed by atoms with E-state index in [1.807, 2.05) is 13.0 Å². The summed E-state index contributed by atoms with van der Waals surface area (Å²) >= 11 is 0. The zero-order valence-corrected chi connectivity index (χ0v) is 12.0. The highest BCUT2D eigenvalue weighted by atomic mass is 16.3. The van der Waals surface area contributed by atoms with E-state index >= 15 is 0 Å². The molecule has 0 aromatic heterocycles. The molecule has 2 rings (SSSR count). The Kier molecular flexibility index (Phi) is 6.14. The van der Waals surface area contributed by atoms with Gasteiger partial charge in [0.15, 0.2) is 12.6 Å². The maximum atomic E-state index is 10.4. The lowest BCUT2D eigenvalue weighted by molar-refractivity contribution is 0.111. The molecule has 0 atom stereocenters. The summed E-state index contributed by atoms with van der Waals surface area (Å²) < 4.78 is 0. The van der Waals surface area contributed by atoms with E-state index in [0.717, 1.165) is 17.5 Å². The van der Waals surface area contributed by atoms with Crippen molar-refractivity contribution in [3.05, 3.63) is 58.7 Å². The molecule has 0 unspecified atom stereocenters. The Balaban J connectivity index is 0.000000211. The number of rotatable bonds is 3. The zero-order chi connectivity index (χ0) is 15.8. The van der Waals surface area contributed by atoms with Gasteiger partial charge in [-0.2, -0.15) is 0 Å².